The standard InChI is InChI=1S/C12H21N3OS/c1-5-13-9(2)8-10(16)15-12(3,4)11-14-6-7-17-11/h6-7,9,13H,5,8H2,1-4H3,(H,15,16). The Labute approximate surface area is 107 Å². The minimum atomic E-state index is -0.392. The van der Waals surface area contributed by atoms with E-state index in [0.29, 0.717) is 6.42 Å². The highest BCUT2D eigenvalue weighted by molar-refractivity contribution is 7.09. The molecule has 0 spiro atoms. The van der Waals surface area contributed by atoms with Crippen molar-refractivity contribution in [3.05, 3.63) is 16.6 Å². The fourth-order valence-corrected chi connectivity index (χ4v) is 2.40. The minimum absolute atomic E-state index is 0.0543. The number of amides is 1. The lowest BCUT2D eigenvalue weighted by Gasteiger charge is -2.24. The van der Waals surface area contributed by atoms with Crippen molar-refractivity contribution in [2.75, 3.05) is 6.54 Å². The smallest absolute Gasteiger partial charge is 0.222 e. The van der Waals surface area contributed by atoms with Gasteiger partial charge in [-0.3, -0.25) is 4.79 Å². The molecule has 0 aliphatic rings. The molecule has 1 aromatic heterocycles. The van der Waals surface area contributed by atoms with Crippen molar-refractivity contribution in [2.45, 2.75) is 45.7 Å². The van der Waals surface area contributed by atoms with E-state index in [9.17, 15) is 4.79 Å². The first-order valence-electron chi connectivity index (χ1n) is 5.90. The van der Waals surface area contributed by atoms with Crippen LogP contribution in [0.5, 0.6) is 0 Å². The van der Waals surface area contributed by atoms with E-state index < -0.39 is 5.54 Å². The molecule has 1 heterocycles. The number of thiazole rings is 1. The van der Waals surface area contributed by atoms with Gasteiger partial charge in [-0.05, 0) is 27.3 Å². The number of rotatable bonds is 6. The van der Waals surface area contributed by atoms with Crippen molar-refractivity contribution < 1.29 is 4.79 Å². The predicted molar refractivity (Wildman–Crippen MR) is 71.0 cm³/mol. The Kier molecular flexibility index (Phi) is 5.08. The molecule has 0 radical (unpaired) electrons. The summed E-state index contributed by atoms with van der Waals surface area (Å²) < 4.78 is 0. The molecule has 0 aromatic carbocycles. The van der Waals surface area contributed by atoms with Crippen molar-refractivity contribution in [3.8, 4) is 0 Å². The van der Waals surface area contributed by atoms with Crippen LogP contribution in [0.1, 0.15) is 39.1 Å². The Morgan fingerprint density at radius 2 is 2.29 bits per heavy atom. The lowest BCUT2D eigenvalue weighted by molar-refractivity contribution is -0.123. The van der Waals surface area contributed by atoms with E-state index in [2.05, 4.69) is 15.6 Å². The van der Waals surface area contributed by atoms with Crippen LogP contribution in [-0.2, 0) is 10.3 Å². The third-order valence-electron chi connectivity index (χ3n) is 2.46. The van der Waals surface area contributed by atoms with Crippen LogP contribution in [0.15, 0.2) is 11.6 Å². The van der Waals surface area contributed by atoms with Crippen LogP contribution in [0, 0.1) is 0 Å². The molecule has 17 heavy (non-hydrogen) atoms. The molecule has 96 valence electrons. The van der Waals surface area contributed by atoms with Gasteiger partial charge in [-0.25, -0.2) is 4.98 Å². The summed E-state index contributed by atoms with van der Waals surface area (Å²) in [4.78, 5) is 16.1. The summed E-state index contributed by atoms with van der Waals surface area (Å²) in [6.07, 6.45) is 2.25. The summed E-state index contributed by atoms with van der Waals surface area (Å²) in [7, 11) is 0. The maximum atomic E-state index is 11.9. The third kappa shape index (κ3) is 4.44. The molecule has 1 atom stereocenters. The summed E-state index contributed by atoms with van der Waals surface area (Å²) in [5.74, 6) is 0.0543. The highest BCUT2D eigenvalue weighted by Gasteiger charge is 2.25. The van der Waals surface area contributed by atoms with E-state index in [0.717, 1.165) is 11.6 Å². The molecular weight excluding hydrogens is 234 g/mol. The average Bonchev–Trinajstić information content (AvgIpc) is 2.69. The van der Waals surface area contributed by atoms with Gasteiger partial charge in [-0.2, -0.15) is 0 Å². The van der Waals surface area contributed by atoms with Gasteiger partial charge in [0, 0.05) is 24.0 Å². The highest BCUT2D eigenvalue weighted by Crippen LogP contribution is 2.21. The zero-order chi connectivity index (χ0) is 12.9. The van der Waals surface area contributed by atoms with Gasteiger partial charge < -0.3 is 10.6 Å². The molecule has 5 heteroatoms. The zero-order valence-electron chi connectivity index (χ0n) is 10.9. The fourth-order valence-electron chi connectivity index (χ4n) is 1.68. The molecule has 0 saturated carbocycles. The molecule has 1 unspecified atom stereocenters. The Bertz CT molecular complexity index is 349. The highest BCUT2D eigenvalue weighted by atomic mass is 32.1. The van der Waals surface area contributed by atoms with E-state index in [1.807, 2.05) is 33.1 Å². The number of nitrogens with zero attached hydrogens (tertiary/aromatic N) is 1. The van der Waals surface area contributed by atoms with Crippen LogP contribution in [0.25, 0.3) is 0 Å². The first-order valence-corrected chi connectivity index (χ1v) is 6.78. The number of carbonyl (C=O) groups is 1. The summed E-state index contributed by atoms with van der Waals surface area (Å²) in [6, 6.07) is 0.201. The second-order valence-electron chi connectivity index (χ2n) is 4.67. The SMILES string of the molecule is CCNC(C)CC(=O)NC(C)(C)c1nccs1. The number of hydrogen-bond acceptors (Lipinski definition) is 4. The van der Waals surface area contributed by atoms with E-state index in [4.69, 9.17) is 0 Å². The number of aromatic nitrogens is 1. The van der Waals surface area contributed by atoms with Crippen molar-refractivity contribution in [1.82, 2.24) is 15.6 Å². The monoisotopic (exact) mass is 255 g/mol. The quantitative estimate of drug-likeness (QED) is 0.816. The second kappa shape index (κ2) is 6.12. The van der Waals surface area contributed by atoms with E-state index in [-0.39, 0.29) is 11.9 Å². The number of nitrogens with one attached hydrogen (secondary N) is 2. The first kappa shape index (κ1) is 14.1. The predicted octanol–water partition coefficient (Wildman–Crippen LogP) is 1.88. The van der Waals surface area contributed by atoms with Gasteiger partial charge in [0.2, 0.25) is 5.91 Å². The van der Waals surface area contributed by atoms with Crippen LogP contribution in [0.2, 0.25) is 0 Å². The molecule has 2 N–H and O–H groups in total. The minimum Gasteiger partial charge on any atom is -0.345 e. The van der Waals surface area contributed by atoms with Crippen molar-refractivity contribution >= 4 is 17.2 Å². The Balaban J connectivity index is 2.50. The van der Waals surface area contributed by atoms with Gasteiger partial charge in [-0.15, -0.1) is 11.3 Å². The van der Waals surface area contributed by atoms with Crippen LogP contribution < -0.4 is 10.6 Å². The van der Waals surface area contributed by atoms with E-state index >= 15 is 0 Å². The molecule has 0 saturated heterocycles. The Hall–Kier alpha value is -0.940. The first-order chi connectivity index (χ1) is 7.95. The third-order valence-corrected chi connectivity index (χ3v) is 3.56. The van der Waals surface area contributed by atoms with Crippen molar-refractivity contribution in [2.24, 2.45) is 0 Å². The summed E-state index contributed by atoms with van der Waals surface area (Å²) in [6.45, 7) is 8.88. The summed E-state index contributed by atoms with van der Waals surface area (Å²) >= 11 is 1.56. The summed E-state index contributed by atoms with van der Waals surface area (Å²) in [5.41, 5.74) is -0.392. The van der Waals surface area contributed by atoms with Gasteiger partial charge >= 0.3 is 0 Å². The maximum Gasteiger partial charge on any atom is 0.222 e. The van der Waals surface area contributed by atoms with Crippen LogP contribution in [-0.4, -0.2) is 23.5 Å². The van der Waals surface area contributed by atoms with Crippen LogP contribution in [0.3, 0.4) is 0 Å². The van der Waals surface area contributed by atoms with Gasteiger partial charge in [0.25, 0.3) is 0 Å². The lowest BCUT2D eigenvalue weighted by Crippen LogP contribution is -2.43. The fraction of sp³-hybridized carbons (Fsp3) is 0.667. The molecule has 1 aromatic rings. The van der Waals surface area contributed by atoms with Crippen molar-refractivity contribution in [3.63, 3.8) is 0 Å². The topological polar surface area (TPSA) is 54.0 Å². The number of carbonyl (C=O) groups excluding carboxylic acids is 1. The van der Waals surface area contributed by atoms with Crippen LogP contribution >= 0.6 is 11.3 Å². The Morgan fingerprint density at radius 1 is 1.59 bits per heavy atom. The largest absolute Gasteiger partial charge is 0.345 e. The molecule has 0 fully saturated rings. The molecule has 0 bridgehead atoms. The Morgan fingerprint density at radius 3 is 2.82 bits per heavy atom. The average molecular weight is 255 g/mol. The van der Waals surface area contributed by atoms with Gasteiger partial charge in [-0.1, -0.05) is 6.92 Å². The second-order valence-corrected chi connectivity index (χ2v) is 5.57. The lowest BCUT2D eigenvalue weighted by atomic mass is 10.1. The van der Waals surface area contributed by atoms with E-state index in [1.165, 1.54) is 0 Å². The van der Waals surface area contributed by atoms with Crippen LogP contribution in [0.4, 0.5) is 0 Å². The molecule has 0 aliphatic heterocycles. The molecule has 0 aliphatic carbocycles. The van der Waals surface area contributed by atoms with Gasteiger partial charge in [0.15, 0.2) is 0 Å². The molecule has 4 nitrogen and oxygen atoms in total. The number of hydrogen-bond donors (Lipinski definition) is 2. The molecular formula is C12H21N3OS. The summed E-state index contributed by atoms with van der Waals surface area (Å²) in [5, 5.41) is 9.09. The van der Waals surface area contributed by atoms with Gasteiger partial charge in [0.1, 0.15) is 5.01 Å². The van der Waals surface area contributed by atoms with Crippen molar-refractivity contribution in [1.29, 1.82) is 0 Å². The molecule has 1 amide bonds. The van der Waals surface area contributed by atoms with Gasteiger partial charge in [0.05, 0.1) is 5.54 Å². The zero-order valence-corrected chi connectivity index (χ0v) is 11.7. The molecule has 1 rings (SSSR count). The van der Waals surface area contributed by atoms with E-state index in [1.54, 1.807) is 17.5 Å². The normalized spacial score (nSPS) is 13.4. The maximum absolute atomic E-state index is 11.9.